The maximum Gasteiger partial charge on any atom is 0.271 e. The second-order valence-corrected chi connectivity index (χ2v) is 8.38. The van der Waals surface area contributed by atoms with Crippen molar-refractivity contribution in [2.75, 3.05) is 16.8 Å². The predicted octanol–water partition coefficient (Wildman–Crippen LogP) is 1.74. The summed E-state index contributed by atoms with van der Waals surface area (Å²) >= 11 is 2.29. The Kier molecular flexibility index (Phi) is 5.11. The molecule has 0 spiro atoms. The maximum atomic E-state index is 12.9. The van der Waals surface area contributed by atoms with Gasteiger partial charge in [-0.1, -0.05) is 11.3 Å². The quantitative estimate of drug-likeness (QED) is 0.413. The van der Waals surface area contributed by atoms with E-state index in [4.69, 9.17) is 5.73 Å². The number of rotatable bonds is 5. The first-order valence-electron chi connectivity index (χ1n) is 8.83. The highest BCUT2D eigenvalue weighted by molar-refractivity contribution is 7.18. The van der Waals surface area contributed by atoms with Crippen LogP contribution in [0.25, 0.3) is 0 Å². The number of fused-ring (bicyclic) bond motifs is 1. The van der Waals surface area contributed by atoms with Crippen LogP contribution in [0.5, 0.6) is 0 Å². The van der Waals surface area contributed by atoms with Crippen molar-refractivity contribution in [3.05, 3.63) is 45.1 Å². The molecule has 0 fully saturated rings. The fourth-order valence-corrected chi connectivity index (χ4v) is 4.49. The first-order valence-corrected chi connectivity index (χ1v) is 10.5. The van der Waals surface area contributed by atoms with Gasteiger partial charge in [-0.25, -0.2) is 9.97 Å². The molecule has 0 radical (unpaired) electrons. The lowest BCUT2D eigenvalue weighted by Crippen LogP contribution is -2.28. The number of nitrogens with zero attached hydrogens (tertiary/aromatic N) is 5. The molecule has 0 aromatic carbocycles. The van der Waals surface area contributed by atoms with E-state index in [0.29, 0.717) is 33.8 Å². The highest BCUT2D eigenvalue weighted by Crippen LogP contribution is 2.30. The summed E-state index contributed by atoms with van der Waals surface area (Å²) in [5.41, 5.74) is 6.75. The summed E-state index contributed by atoms with van der Waals surface area (Å²) in [4.78, 5) is 44.1. The van der Waals surface area contributed by atoms with Crippen molar-refractivity contribution in [2.45, 2.75) is 26.3 Å². The standard InChI is InChI=1S/C17H18N8O2S2/c1-8(2)22-12(18)11-14(26)24-29-15(11)23-17-21-7-10(28-17)16(27)25-6-3-9-13(25)20-5-4-19-9/h4-5,7-8H,3,6H2,1-2H3,(H2,18,22)(H,21,23)(H,24,26). The molecule has 0 saturated heterocycles. The largest absolute Gasteiger partial charge is 0.383 e. The Morgan fingerprint density at radius 3 is 2.93 bits per heavy atom. The number of H-pyrrole nitrogens is 1. The molecule has 10 nitrogen and oxygen atoms in total. The molecule has 0 unspecified atom stereocenters. The third-order valence-electron chi connectivity index (χ3n) is 4.12. The summed E-state index contributed by atoms with van der Waals surface area (Å²) in [6, 6.07) is -0.0438. The Bertz CT molecular complexity index is 1150. The average molecular weight is 431 g/mol. The molecule has 0 saturated carbocycles. The summed E-state index contributed by atoms with van der Waals surface area (Å²) in [6.07, 6.45) is 5.37. The van der Waals surface area contributed by atoms with Crippen molar-refractivity contribution in [1.29, 1.82) is 0 Å². The van der Waals surface area contributed by atoms with E-state index >= 15 is 0 Å². The average Bonchev–Trinajstić information content (AvgIpc) is 3.39. The van der Waals surface area contributed by atoms with Crippen LogP contribution in [0.3, 0.4) is 0 Å². The molecule has 0 atom stereocenters. The Hall–Kier alpha value is -3.12. The maximum absolute atomic E-state index is 12.9. The number of amidine groups is 1. The molecule has 3 aromatic heterocycles. The van der Waals surface area contributed by atoms with Crippen LogP contribution in [0.15, 0.2) is 28.4 Å². The normalized spacial score (nSPS) is 13.8. The van der Waals surface area contributed by atoms with Crippen LogP contribution < -0.4 is 21.5 Å². The molecule has 4 heterocycles. The van der Waals surface area contributed by atoms with Crippen LogP contribution >= 0.6 is 22.9 Å². The van der Waals surface area contributed by atoms with Gasteiger partial charge in [-0.2, -0.15) is 0 Å². The Balaban J connectivity index is 1.56. The van der Waals surface area contributed by atoms with Gasteiger partial charge in [0.1, 0.15) is 21.3 Å². The zero-order valence-corrected chi connectivity index (χ0v) is 17.3. The molecule has 3 aromatic rings. The van der Waals surface area contributed by atoms with Crippen molar-refractivity contribution in [3.63, 3.8) is 0 Å². The number of aromatic nitrogens is 4. The minimum Gasteiger partial charge on any atom is -0.383 e. The lowest BCUT2D eigenvalue weighted by molar-refractivity contribution is 0.0992. The van der Waals surface area contributed by atoms with E-state index in [1.54, 1.807) is 17.3 Å². The summed E-state index contributed by atoms with van der Waals surface area (Å²) in [5.74, 6) is 0.562. The number of hydrogen-bond donors (Lipinski definition) is 3. The molecule has 29 heavy (non-hydrogen) atoms. The van der Waals surface area contributed by atoms with Crippen LogP contribution in [0, 0.1) is 0 Å². The van der Waals surface area contributed by atoms with Gasteiger partial charge in [-0.3, -0.25) is 28.8 Å². The number of aromatic amines is 1. The molecular formula is C17H18N8O2S2. The van der Waals surface area contributed by atoms with E-state index in [1.807, 2.05) is 13.8 Å². The minimum atomic E-state index is -0.320. The Labute approximate surface area is 173 Å². The number of carbonyl (C=O) groups excluding carboxylic acids is 1. The fourth-order valence-electron chi connectivity index (χ4n) is 2.91. The lowest BCUT2D eigenvalue weighted by atomic mass is 10.3. The van der Waals surface area contributed by atoms with Crippen LogP contribution in [0.4, 0.5) is 16.0 Å². The molecule has 150 valence electrons. The zero-order valence-electron chi connectivity index (χ0n) is 15.7. The van der Waals surface area contributed by atoms with Crippen LogP contribution in [0.2, 0.25) is 0 Å². The van der Waals surface area contributed by atoms with Gasteiger partial charge < -0.3 is 11.1 Å². The number of carbonyl (C=O) groups is 1. The molecule has 1 amide bonds. The summed E-state index contributed by atoms with van der Waals surface area (Å²) in [7, 11) is 0. The third-order valence-corrected chi connectivity index (χ3v) is 5.81. The van der Waals surface area contributed by atoms with Gasteiger partial charge in [-0.05, 0) is 25.4 Å². The first kappa shape index (κ1) is 19.2. The number of anilines is 3. The molecule has 4 rings (SSSR count). The van der Waals surface area contributed by atoms with Crippen LogP contribution in [-0.2, 0) is 6.42 Å². The summed E-state index contributed by atoms with van der Waals surface area (Å²) < 4.78 is 2.65. The van der Waals surface area contributed by atoms with Gasteiger partial charge in [0.15, 0.2) is 10.9 Å². The van der Waals surface area contributed by atoms with E-state index in [2.05, 4.69) is 29.6 Å². The number of nitrogens with two attached hydrogens (primary N) is 1. The predicted molar refractivity (Wildman–Crippen MR) is 114 cm³/mol. The Morgan fingerprint density at radius 2 is 2.14 bits per heavy atom. The number of aliphatic imine (C=N–C) groups is 1. The van der Waals surface area contributed by atoms with E-state index in [0.717, 1.165) is 17.2 Å². The third kappa shape index (κ3) is 3.76. The van der Waals surface area contributed by atoms with Gasteiger partial charge in [0, 0.05) is 31.4 Å². The number of nitrogens with one attached hydrogen (secondary N) is 2. The van der Waals surface area contributed by atoms with Gasteiger partial charge in [-0.15, -0.1) is 0 Å². The molecule has 0 aliphatic carbocycles. The monoisotopic (exact) mass is 430 g/mol. The first-order chi connectivity index (χ1) is 13.9. The van der Waals surface area contributed by atoms with E-state index in [1.165, 1.54) is 17.5 Å². The second-order valence-electron chi connectivity index (χ2n) is 6.53. The molecule has 12 heteroatoms. The van der Waals surface area contributed by atoms with E-state index in [-0.39, 0.29) is 28.9 Å². The highest BCUT2D eigenvalue weighted by atomic mass is 32.1. The van der Waals surface area contributed by atoms with Crippen molar-refractivity contribution < 1.29 is 4.79 Å². The summed E-state index contributed by atoms with van der Waals surface area (Å²) in [6.45, 7) is 4.28. The molecule has 1 aliphatic heterocycles. The molecule has 4 N–H and O–H groups in total. The molecule has 0 bridgehead atoms. The Morgan fingerprint density at radius 1 is 1.34 bits per heavy atom. The van der Waals surface area contributed by atoms with Gasteiger partial charge >= 0.3 is 0 Å². The summed E-state index contributed by atoms with van der Waals surface area (Å²) in [5, 5.41) is 4.04. The smallest absolute Gasteiger partial charge is 0.271 e. The topological polar surface area (TPSA) is 142 Å². The van der Waals surface area contributed by atoms with Gasteiger partial charge in [0.2, 0.25) is 0 Å². The number of amides is 1. The van der Waals surface area contributed by atoms with Crippen LogP contribution in [0.1, 0.15) is 34.8 Å². The van der Waals surface area contributed by atoms with Crippen molar-refractivity contribution in [3.8, 4) is 0 Å². The zero-order chi connectivity index (χ0) is 20.5. The molecule has 1 aliphatic rings. The van der Waals surface area contributed by atoms with Crippen molar-refractivity contribution in [2.24, 2.45) is 10.7 Å². The van der Waals surface area contributed by atoms with Crippen molar-refractivity contribution in [1.82, 2.24) is 19.3 Å². The molecular weight excluding hydrogens is 412 g/mol. The SMILES string of the molecule is CC(C)N=C(N)c1c(Nc2ncc(C(=O)N3CCc4nccnc43)s2)s[nH]c1=O. The lowest BCUT2D eigenvalue weighted by Gasteiger charge is -2.13. The number of thiazole rings is 1. The fraction of sp³-hybridized carbons (Fsp3) is 0.294. The minimum absolute atomic E-state index is 0.0438. The highest BCUT2D eigenvalue weighted by Gasteiger charge is 2.29. The van der Waals surface area contributed by atoms with Gasteiger partial charge in [0.05, 0.1) is 11.9 Å². The van der Waals surface area contributed by atoms with E-state index < -0.39 is 0 Å². The second kappa shape index (κ2) is 7.72. The number of hydrogen-bond acceptors (Lipinski definition) is 9. The van der Waals surface area contributed by atoms with E-state index in [9.17, 15) is 9.59 Å². The van der Waals surface area contributed by atoms with Crippen molar-refractivity contribution >= 4 is 50.6 Å². The van der Waals surface area contributed by atoms with Crippen LogP contribution in [-0.4, -0.2) is 43.7 Å². The van der Waals surface area contributed by atoms with Gasteiger partial charge in [0.25, 0.3) is 11.5 Å².